The quantitative estimate of drug-likeness (QED) is 0.836. The minimum absolute atomic E-state index is 0.116. The zero-order valence-electron chi connectivity index (χ0n) is 12.1. The second-order valence-electron chi connectivity index (χ2n) is 5.53. The molecule has 0 radical (unpaired) electrons. The molecule has 21 heavy (non-hydrogen) atoms. The van der Waals surface area contributed by atoms with E-state index in [0.29, 0.717) is 30.9 Å². The zero-order chi connectivity index (χ0) is 15.1. The van der Waals surface area contributed by atoms with Crippen molar-refractivity contribution in [2.75, 3.05) is 19.9 Å². The second kappa shape index (κ2) is 5.59. The van der Waals surface area contributed by atoms with Crippen molar-refractivity contribution in [3.63, 3.8) is 0 Å². The summed E-state index contributed by atoms with van der Waals surface area (Å²) >= 11 is 3.48. The number of hydrogen-bond donors (Lipinski definition) is 1. The summed E-state index contributed by atoms with van der Waals surface area (Å²) < 4.78 is 12.1. The predicted molar refractivity (Wildman–Crippen MR) is 80.5 cm³/mol. The summed E-state index contributed by atoms with van der Waals surface area (Å²) in [6.45, 7) is 4.95. The van der Waals surface area contributed by atoms with Gasteiger partial charge in [-0.05, 0) is 37.5 Å². The van der Waals surface area contributed by atoms with Crippen LogP contribution in [-0.4, -0.2) is 48.0 Å². The van der Waals surface area contributed by atoms with E-state index < -0.39 is 6.10 Å². The first-order valence-corrected chi connectivity index (χ1v) is 7.79. The van der Waals surface area contributed by atoms with Crippen LogP contribution in [0.25, 0.3) is 0 Å². The van der Waals surface area contributed by atoms with Gasteiger partial charge in [-0.3, -0.25) is 9.69 Å². The van der Waals surface area contributed by atoms with E-state index in [1.807, 2.05) is 13.8 Å². The average molecular weight is 356 g/mol. The minimum Gasteiger partial charge on any atom is -0.472 e. The lowest BCUT2D eigenvalue weighted by molar-refractivity contribution is -0.0697. The molecule has 1 fully saturated rings. The number of carbonyl (C=O) groups excluding carboxylic acids is 1. The van der Waals surface area contributed by atoms with Gasteiger partial charge in [0, 0.05) is 11.1 Å². The molecule has 6 heteroatoms. The van der Waals surface area contributed by atoms with E-state index >= 15 is 0 Å². The number of aliphatic hydroxyl groups is 1. The van der Waals surface area contributed by atoms with Crippen LogP contribution in [-0.2, 0) is 4.74 Å². The maximum atomic E-state index is 12.7. The topological polar surface area (TPSA) is 59.0 Å². The molecule has 1 aromatic carbocycles. The van der Waals surface area contributed by atoms with Gasteiger partial charge in [0.2, 0.25) is 0 Å². The molecule has 114 valence electrons. The van der Waals surface area contributed by atoms with Crippen LogP contribution in [0, 0.1) is 13.8 Å². The molecule has 2 heterocycles. The molecule has 2 aliphatic heterocycles. The van der Waals surface area contributed by atoms with Gasteiger partial charge in [-0.1, -0.05) is 15.9 Å². The third kappa shape index (κ3) is 2.45. The number of carbonyl (C=O) groups is 1. The maximum absolute atomic E-state index is 12.7. The average Bonchev–Trinajstić information content (AvgIpc) is 2.47. The summed E-state index contributed by atoms with van der Waals surface area (Å²) in [4.78, 5) is 14.3. The van der Waals surface area contributed by atoms with E-state index in [0.717, 1.165) is 15.6 Å². The number of fused-ring (bicyclic) bond motifs is 1. The summed E-state index contributed by atoms with van der Waals surface area (Å²) in [5, 5.41) is 10.1. The molecule has 3 rings (SSSR count). The van der Waals surface area contributed by atoms with Gasteiger partial charge in [-0.15, -0.1) is 0 Å². The molecule has 1 saturated heterocycles. The first-order valence-electron chi connectivity index (χ1n) is 7.00. The van der Waals surface area contributed by atoms with Crippen LogP contribution < -0.4 is 4.74 Å². The number of rotatable bonds is 1. The molecular formula is C15H18BrNO4. The molecule has 0 aromatic heterocycles. The van der Waals surface area contributed by atoms with Gasteiger partial charge in [0.1, 0.15) is 5.75 Å². The predicted octanol–water partition coefficient (Wildman–Crippen LogP) is 2.01. The normalized spacial score (nSPS) is 25.5. The fraction of sp³-hybridized carbons (Fsp3) is 0.533. The van der Waals surface area contributed by atoms with Crippen LogP contribution >= 0.6 is 15.9 Å². The lowest BCUT2D eigenvalue weighted by Gasteiger charge is -2.39. The van der Waals surface area contributed by atoms with Crippen LogP contribution in [0.15, 0.2) is 10.5 Å². The molecule has 5 nitrogen and oxygen atoms in total. The van der Waals surface area contributed by atoms with Gasteiger partial charge >= 0.3 is 0 Å². The third-order valence-electron chi connectivity index (χ3n) is 4.31. The molecule has 1 amide bonds. The number of aliphatic hydroxyl groups excluding tert-OH is 1. The Morgan fingerprint density at radius 1 is 1.38 bits per heavy atom. The van der Waals surface area contributed by atoms with Gasteiger partial charge in [-0.25, -0.2) is 0 Å². The van der Waals surface area contributed by atoms with E-state index in [1.54, 1.807) is 11.0 Å². The second-order valence-corrected chi connectivity index (χ2v) is 6.39. The summed E-state index contributed by atoms with van der Waals surface area (Å²) in [6.07, 6.45) is -0.0272. The van der Waals surface area contributed by atoms with Gasteiger partial charge in [0.15, 0.2) is 6.73 Å². The largest absolute Gasteiger partial charge is 0.472 e. The molecule has 0 spiro atoms. The van der Waals surface area contributed by atoms with Gasteiger partial charge < -0.3 is 14.6 Å². The Bertz CT molecular complexity index is 590. The number of benzene rings is 1. The highest BCUT2D eigenvalue weighted by Crippen LogP contribution is 2.36. The van der Waals surface area contributed by atoms with Crippen LogP contribution in [0.2, 0.25) is 0 Å². The molecule has 0 bridgehead atoms. The van der Waals surface area contributed by atoms with Crippen molar-refractivity contribution in [1.29, 1.82) is 0 Å². The molecular weight excluding hydrogens is 338 g/mol. The molecule has 0 aliphatic carbocycles. The van der Waals surface area contributed by atoms with Crippen LogP contribution in [0.5, 0.6) is 5.75 Å². The van der Waals surface area contributed by atoms with Crippen molar-refractivity contribution >= 4 is 21.8 Å². The number of hydrogen-bond acceptors (Lipinski definition) is 4. The van der Waals surface area contributed by atoms with Crippen molar-refractivity contribution < 1.29 is 19.4 Å². The summed E-state index contributed by atoms with van der Waals surface area (Å²) in [5.74, 6) is 0.526. The van der Waals surface area contributed by atoms with Crippen molar-refractivity contribution in [3.05, 3.63) is 27.2 Å². The Labute approximate surface area is 132 Å². The highest BCUT2D eigenvalue weighted by atomic mass is 79.9. The number of ether oxygens (including phenoxy) is 2. The molecule has 0 saturated carbocycles. The van der Waals surface area contributed by atoms with E-state index in [1.165, 1.54) is 0 Å². The first kappa shape index (κ1) is 14.8. The fourth-order valence-corrected chi connectivity index (χ4v) is 3.33. The van der Waals surface area contributed by atoms with E-state index in [9.17, 15) is 9.90 Å². The van der Waals surface area contributed by atoms with Crippen molar-refractivity contribution in [2.45, 2.75) is 32.4 Å². The lowest BCUT2D eigenvalue weighted by Crippen LogP contribution is -2.55. The lowest BCUT2D eigenvalue weighted by atomic mass is 10.00. The SMILES string of the molecule is Cc1c(Br)cc2c(c1C)OCN([C@@H]1COCC[C@H]1O)C2=O. The van der Waals surface area contributed by atoms with E-state index in [-0.39, 0.29) is 18.7 Å². The molecule has 0 unspecified atom stereocenters. The van der Waals surface area contributed by atoms with Crippen molar-refractivity contribution in [1.82, 2.24) is 4.90 Å². The summed E-state index contributed by atoms with van der Waals surface area (Å²) in [6, 6.07) is 1.45. The molecule has 1 N–H and O–H groups in total. The Morgan fingerprint density at radius 2 is 2.14 bits per heavy atom. The van der Waals surface area contributed by atoms with Gasteiger partial charge in [0.05, 0.1) is 24.3 Å². The Hall–Kier alpha value is -1.11. The Kier molecular flexibility index (Phi) is 3.94. The minimum atomic E-state index is -0.567. The maximum Gasteiger partial charge on any atom is 0.260 e. The number of amides is 1. The van der Waals surface area contributed by atoms with Gasteiger partial charge in [0.25, 0.3) is 5.91 Å². The zero-order valence-corrected chi connectivity index (χ0v) is 13.6. The highest BCUT2D eigenvalue weighted by Gasteiger charge is 2.37. The molecule has 2 aliphatic rings. The summed E-state index contributed by atoms with van der Waals surface area (Å²) in [7, 11) is 0. The summed E-state index contributed by atoms with van der Waals surface area (Å²) in [5.41, 5.74) is 2.57. The Balaban J connectivity index is 1.95. The van der Waals surface area contributed by atoms with Crippen LogP contribution in [0.3, 0.4) is 0 Å². The fourth-order valence-electron chi connectivity index (χ4n) is 2.80. The smallest absolute Gasteiger partial charge is 0.260 e. The third-order valence-corrected chi connectivity index (χ3v) is 5.13. The van der Waals surface area contributed by atoms with E-state index in [4.69, 9.17) is 9.47 Å². The first-order chi connectivity index (χ1) is 10.0. The van der Waals surface area contributed by atoms with Crippen LogP contribution in [0.1, 0.15) is 27.9 Å². The van der Waals surface area contributed by atoms with E-state index in [2.05, 4.69) is 15.9 Å². The standard InChI is InChI=1S/C15H18BrNO4/c1-8-9(2)14-10(5-11(8)16)15(19)17(7-21-14)12-6-20-4-3-13(12)18/h5,12-13,18H,3-4,6-7H2,1-2H3/t12-,13-/m1/s1. The van der Waals surface area contributed by atoms with Gasteiger partial charge in [-0.2, -0.15) is 0 Å². The van der Waals surface area contributed by atoms with Crippen molar-refractivity contribution in [2.24, 2.45) is 0 Å². The molecule has 2 atom stereocenters. The van der Waals surface area contributed by atoms with Crippen LogP contribution in [0.4, 0.5) is 0 Å². The Morgan fingerprint density at radius 3 is 2.86 bits per heavy atom. The highest BCUT2D eigenvalue weighted by molar-refractivity contribution is 9.10. The number of halogens is 1. The monoisotopic (exact) mass is 355 g/mol. The van der Waals surface area contributed by atoms with Crippen molar-refractivity contribution in [3.8, 4) is 5.75 Å². The molecule has 1 aromatic rings. The number of nitrogens with zero attached hydrogens (tertiary/aromatic N) is 1.